The van der Waals surface area contributed by atoms with Crippen LogP contribution in [0.2, 0.25) is 0 Å². The fraction of sp³-hybridized carbons (Fsp3) is 0.304. The van der Waals surface area contributed by atoms with E-state index in [-0.39, 0.29) is 18.1 Å². The average Bonchev–Trinajstić information content (AvgIpc) is 3.34. The van der Waals surface area contributed by atoms with Gasteiger partial charge in [-0.15, -0.1) is 0 Å². The second-order valence-electron chi connectivity index (χ2n) is 7.32. The molecular weight excluding hydrogens is 366 g/mol. The highest BCUT2D eigenvalue weighted by molar-refractivity contribution is 6.00. The number of para-hydroxylation sites is 1. The second-order valence-corrected chi connectivity index (χ2v) is 7.32. The van der Waals surface area contributed by atoms with Crippen LogP contribution in [0, 0.1) is 0 Å². The van der Waals surface area contributed by atoms with Gasteiger partial charge in [-0.2, -0.15) is 5.10 Å². The van der Waals surface area contributed by atoms with E-state index in [2.05, 4.69) is 5.32 Å². The summed E-state index contributed by atoms with van der Waals surface area (Å²) in [5.41, 5.74) is 3.06. The van der Waals surface area contributed by atoms with Crippen molar-refractivity contribution in [3.05, 3.63) is 71.9 Å². The molecule has 2 unspecified atom stereocenters. The minimum atomic E-state index is -0.145. The number of rotatable bonds is 6. The van der Waals surface area contributed by atoms with E-state index in [0.717, 1.165) is 17.5 Å². The molecule has 1 fully saturated rings. The van der Waals surface area contributed by atoms with Crippen molar-refractivity contribution in [3.63, 3.8) is 0 Å². The van der Waals surface area contributed by atoms with E-state index < -0.39 is 0 Å². The van der Waals surface area contributed by atoms with Gasteiger partial charge in [-0.05, 0) is 31.0 Å². The molecule has 1 N–H and O–H groups in total. The molecule has 0 bridgehead atoms. The zero-order valence-electron chi connectivity index (χ0n) is 16.7. The molecule has 1 aromatic heterocycles. The van der Waals surface area contributed by atoms with Crippen LogP contribution in [-0.4, -0.2) is 41.6 Å². The number of amides is 1. The van der Waals surface area contributed by atoms with E-state index in [1.54, 1.807) is 11.8 Å². The minimum Gasteiger partial charge on any atom is -0.496 e. The van der Waals surface area contributed by atoms with Gasteiger partial charge < -0.3 is 14.8 Å². The summed E-state index contributed by atoms with van der Waals surface area (Å²) >= 11 is 0. The van der Waals surface area contributed by atoms with E-state index in [0.29, 0.717) is 30.2 Å². The van der Waals surface area contributed by atoms with Gasteiger partial charge >= 0.3 is 0 Å². The molecule has 29 heavy (non-hydrogen) atoms. The standard InChI is InChI=1S/C23H25N3O3/c1-16-12-18(15-29-16)24-23(27)20-14-26(13-17-8-4-3-5-9-17)25-22(20)19-10-6-7-11-21(19)28-2/h3-11,14,16,18H,12-13,15H2,1-2H3,(H,24,27). The topological polar surface area (TPSA) is 65.4 Å². The van der Waals surface area contributed by atoms with Gasteiger partial charge in [0.1, 0.15) is 11.4 Å². The Balaban J connectivity index is 1.68. The molecule has 1 saturated heterocycles. The van der Waals surface area contributed by atoms with E-state index in [9.17, 15) is 4.79 Å². The van der Waals surface area contributed by atoms with Crippen LogP contribution in [0.15, 0.2) is 60.8 Å². The Morgan fingerprint density at radius 3 is 2.69 bits per heavy atom. The van der Waals surface area contributed by atoms with Gasteiger partial charge in [-0.3, -0.25) is 9.48 Å². The van der Waals surface area contributed by atoms with Crippen molar-refractivity contribution in [3.8, 4) is 17.0 Å². The van der Waals surface area contributed by atoms with E-state index in [1.165, 1.54) is 0 Å². The van der Waals surface area contributed by atoms with Crippen molar-refractivity contribution in [1.82, 2.24) is 15.1 Å². The maximum atomic E-state index is 13.1. The van der Waals surface area contributed by atoms with Crippen LogP contribution < -0.4 is 10.1 Å². The third-order valence-corrected chi connectivity index (χ3v) is 5.09. The minimum absolute atomic E-state index is 0.0143. The molecule has 4 rings (SSSR count). The highest BCUT2D eigenvalue weighted by Crippen LogP contribution is 2.31. The van der Waals surface area contributed by atoms with E-state index >= 15 is 0 Å². The SMILES string of the molecule is COc1ccccc1-c1nn(Cc2ccccc2)cc1C(=O)NC1COC(C)C1. The van der Waals surface area contributed by atoms with Crippen LogP contribution in [0.1, 0.15) is 29.3 Å². The quantitative estimate of drug-likeness (QED) is 0.698. The molecule has 0 saturated carbocycles. The first-order valence-electron chi connectivity index (χ1n) is 9.81. The lowest BCUT2D eigenvalue weighted by molar-refractivity contribution is 0.0920. The summed E-state index contributed by atoms with van der Waals surface area (Å²) in [7, 11) is 1.62. The van der Waals surface area contributed by atoms with Crippen LogP contribution >= 0.6 is 0 Å². The van der Waals surface area contributed by atoms with Crippen LogP contribution in [0.5, 0.6) is 5.75 Å². The molecule has 1 aliphatic rings. The zero-order chi connectivity index (χ0) is 20.2. The third kappa shape index (κ3) is 4.32. The van der Waals surface area contributed by atoms with Gasteiger partial charge in [0.05, 0.1) is 38.0 Å². The second kappa shape index (κ2) is 8.49. The number of nitrogens with one attached hydrogen (secondary N) is 1. The van der Waals surface area contributed by atoms with Gasteiger partial charge in [0.2, 0.25) is 0 Å². The maximum absolute atomic E-state index is 13.1. The Hall–Kier alpha value is -3.12. The number of aromatic nitrogens is 2. The van der Waals surface area contributed by atoms with Crippen molar-refractivity contribution in [2.75, 3.05) is 13.7 Å². The number of hydrogen-bond donors (Lipinski definition) is 1. The molecule has 2 atom stereocenters. The lowest BCUT2D eigenvalue weighted by Crippen LogP contribution is -2.35. The predicted octanol–water partition coefficient (Wildman–Crippen LogP) is 3.51. The number of benzene rings is 2. The molecule has 2 heterocycles. The van der Waals surface area contributed by atoms with Gasteiger partial charge in [-0.1, -0.05) is 42.5 Å². The van der Waals surface area contributed by atoms with Gasteiger partial charge in [0.25, 0.3) is 5.91 Å². The van der Waals surface area contributed by atoms with Gasteiger partial charge in [-0.25, -0.2) is 0 Å². The number of nitrogens with zero attached hydrogens (tertiary/aromatic N) is 2. The lowest BCUT2D eigenvalue weighted by Gasteiger charge is -2.11. The first-order chi connectivity index (χ1) is 14.1. The molecule has 0 aliphatic carbocycles. The Labute approximate surface area is 170 Å². The van der Waals surface area contributed by atoms with Crippen LogP contribution in [0.4, 0.5) is 0 Å². The summed E-state index contributed by atoms with van der Waals surface area (Å²) in [5, 5.41) is 7.83. The first kappa shape index (κ1) is 19.2. The molecule has 0 spiro atoms. The van der Waals surface area contributed by atoms with Crippen molar-refractivity contribution < 1.29 is 14.3 Å². The smallest absolute Gasteiger partial charge is 0.255 e. The van der Waals surface area contributed by atoms with Gasteiger partial charge in [0.15, 0.2) is 0 Å². The lowest BCUT2D eigenvalue weighted by atomic mass is 10.1. The Kier molecular flexibility index (Phi) is 5.62. The van der Waals surface area contributed by atoms with Crippen molar-refractivity contribution in [2.24, 2.45) is 0 Å². The summed E-state index contributed by atoms with van der Waals surface area (Å²) in [6.07, 6.45) is 2.78. The van der Waals surface area contributed by atoms with E-state index in [4.69, 9.17) is 14.6 Å². The fourth-order valence-electron chi connectivity index (χ4n) is 3.66. The molecule has 2 aromatic carbocycles. The van der Waals surface area contributed by atoms with Crippen molar-refractivity contribution in [1.29, 1.82) is 0 Å². The van der Waals surface area contributed by atoms with E-state index in [1.807, 2.05) is 67.7 Å². The highest BCUT2D eigenvalue weighted by Gasteiger charge is 2.27. The summed E-state index contributed by atoms with van der Waals surface area (Å²) in [5.74, 6) is 0.539. The Morgan fingerprint density at radius 2 is 1.97 bits per heavy atom. The number of ether oxygens (including phenoxy) is 2. The molecule has 1 amide bonds. The molecule has 3 aromatic rings. The first-order valence-corrected chi connectivity index (χ1v) is 9.81. The zero-order valence-corrected chi connectivity index (χ0v) is 16.7. The molecule has 1 aliphatic heterocycles. The Morgan fingerprint density at radius 1 is 1.21 bits per heavy atom. The third-order valence-electron chi connectivity index (χ3n) is 5.09. The molecule has 6 heteroatoms. The fourth-order valence-corrected chi connectivity index (χ4v) is 3.66. The monoisotopic (exact) mass is 391 g/mol. The highest BCUT2D eigenvalue weighted by atomic mass is 16.5. The van der Waals surface area contributed by atoms with Gasteiger partial charge in [0, 0.05) is 11.8 Å². The molecule has 6 nitrogen and oxygen atoms in total. The van der Waals surface area contributed by atoms with Crippen molar-refractivity contribution >= 4 is 5.91 Å². The van der Waals surface area contributed by atoms with Crippen LogP contribution in [0.3, 0.4) is 0 Å². The molecule has 0 radical (unpaired) electrons. The normalized spacial score (nSPS) is 18.6. The summed E-state index contributed by atoms with van der Waals surface area (Å²) in [4.78, 5) is 13.1. The number of carbonyl (C=O) groups is 1. The summed E-state index contributed by atoms with van der Waals surface area (Å²) < 4.78 is 12.9. The maximum Gasteiger partial charge on any atom is 0.255 e. The molecular formula is C23H25N3O3. The molecule has 150 valence electrons. The predicted molar refractivity (Wildman–Crippen MR) is 111 cm³/mol. The largest absolute Gasteiger partial charge is 0.496 e. The van der Waals surface area contributed by atoms with Crippen LogP contribution in [0.25, 0.3) is 11.3 Å². The number of methoxy groups -OCH3 is 1. The summed E-state index contributed by atoms with van der Waals surface area (Å²) in [6.45, 7) is 3.14. The van der Waals surface area contributed by atoms with Crippen molar-refractivity contribution in [2.45, 2.75) is 32.0 Å². The van der Waals surface area contributed by atoms with Crippen LogP contribution in [-0.2, 0) is 11.3 Å². The number of carbonyl (C=O) groups excluding carboxylic acids is 1. The number of hydrogen-bond acceptors (Lipinski definition) is 4. The summed E-state index contributed by atoms with van der Waals surface area (Å²) in [6, 6.07) is 17.7. The average molecular weight is 391 g/mol. The Bertz CT molecular complexity index is 984.